The molecule has 0 saturated carbocycles. The number of carbonyl (C=O) groups excluding carboxylic acids is 2. The summed E-state index contributed by atoms with van der Waals surface area (Å²) in [5.74, 6) is 0.536. The zero-order valence-corrected chi connectivity index (χ0v) is 11.4. The van der Waals surface area contributed by atoms with Gasteiger partial charge in [0.2, 0.25) is 5.91 Å². The van der Waals surface area contributed by atoms with Crippen molar-refractivity contribution in [3.05, 3.63) is 24.3 Å². The summed E-state index contributed by atoms with van der Waals surface area (Å²) in [7, 11) is 1.58. The average molecular weight is 262 g/mol. The van der Waals surface area contributed by atoms with E-state index in [2.05, 4.69) is 0 Å². The Labute approximate surface area is 112 Å². The Balaban J connectivity index is 2.29. The van der Waals surface area contributed by atoms with Crippen molar-refractivity contribution in [2.24, 2.45) is 0 Å². The highest BCUT2D eigenvalue weighted by atomic mass is 16.5. The third-order valence-electron chi connectivity index (χ3n) is 3.21. The van der Waals surface area contributed by atoms with Crippen LogP contribution < -0.4 is 9.64 Å². The summed E-state index contributed by atoms with van der Waals surface area (Å²) in [5, 5.41) is 0. The number of carbonyl (C=O) groups is 2. The molecule has 102 valence electrons. The van der Waals surface area contributed by atoms with Crippen molar-refractivity contribution in [1.29, 1.82) is 0 Å². The Morgan fingerprint density at radius 1 is 1.16 bits per heavy atom. The van der Waals surface area contributed by atoms with Crippen molar-refractivity contribution in [2.45, 2.75) is 26.3 Å². The van der Waals surface area contributed by atoms with Gasteiger partial charge in [-0.15, -0.1) is 0 Å². The van der Waals surface area contributed by atoms with Gasteiger partial charge < -0.3 is 9.64 Å². The predicted octanol–water partition coefficient (Wildman–Crippen LogP) is 2.26. The first-order valence-electron chi connectivity index (χ1n) is 6.32. The lowest BCUT2D eigenvalue weighted by Gasteiger charge is -2.36. The van der Waals surface area contributed by atoms with Gasteiger partial charge in [-0.05, 0) is 38.1 Å². The van der Waals surface area contributed by atoms with E-state index in [0.29, 0.717) is 24.4 Å². The van der Waals surface area contributed by atoms with Gasteiger partial charge in [0.05, 0.1) is 12.8 Å². The van der Waals surface area contributed by atoms with Gasteiger partial charge in [-0.2, -0.15) is 0 Å². The number of imide groups is 1. The molecule has 0 N–H and O–H groups in total. The van der Waals surface area contributed by atoms with Gasteiger partial charge in [-0.1, -0.05) is 0 Å². The lowest BCUT2D eigenvalue weighted by molar-refractivity contribution is -0.119. The smallest absolute Gasteiger partial charge is 0.331 e. The van der Waals surface area contributed by atoms with E-state index < -0.39 is 0 Å². The zero-order valence-electron chi connectivity index (χ0n) is 11.4. The van der Waals surface area contributed by atoms with E-state index in [4.69, 9.17) is 4.74 Å². The van der Waals surface area contributed by atoms with Gasteiger partial charge in [0, 0.05) is 19.0 Å². The Morgan fingerprint density at radius 2 is 1.79 bits per heavy atom. The monoisotopic (exact) mass is 262 g/mol. The number of amides is 3. The molecule has 3 amide bonds. The van der Waals surface area contributed by atoms with Crippen molar-refractivity contribution in [1.82, 2.24) is 4.90 Å². The highest BCUT2D eigenvalue weighted by Gasteiger charge is 2.34. The van der Waals surface area contributed by atoms with E-state index in [1.807, 2.05) is 13.8 Å². The third kappa shape index (κ3) is 2.54. The first-order valence-corrected chi connectivity index (χ1v) is 6.32. The minimum absolute atomic E-state index is 0.0846. The van der Waals surface area contributed by atoms with Crippen LogP contribution in [-0.4, -0.2) is 36.5 Å². The molecule has 1 saturated heterocycles. The van der Waals surface area contributed by atoms with E-state index in [0.717, 1.165) is 0 Å². The first kappa shape index (κ1) is 13.4. The summed E-state index contributed by atoms with van der Waals surface area (Å²) >= 11 is 0. The maximum absolute atomic E-state index is 12.3. The van der Waals surface area contributed by atoms with Crippen LogP contribution in [0.2, 0.25) is 0 Å². The van der Waals surface area contributed by atoms with E-state index in [9.17, 15) is 9.59 Å². The van der Waals surface area contributed by atoms with Gasteiger partial charge in [-0.3, -0.25) is 4.79 Å². The van der Waals surface area contributed by atoms with Crippen LogP contribution in [0.3, 0.4) is 0 Å². The molecule has 1 heterocycles. The van der Waals surface area contributed by atoms with Gasteiger partial charge >= 0.3 is 6.03 Å². The molecule has 1 aliphatic rings. The van der Waals surface area contributed by atoms with Crippen LogP contribution in [0.25, 0.3) is 0 Å². The maximum atomic E-state index is 12.3. The first-order chi connectivity index (χ1) is 9.04. The molecule has 5 heteroatoms. The van der Waals surface area contributed by atoms with Crippen LogP contribution in [0.1, 0.15) is 20.3 Å². The second-order valence-corrected chi connectivity index (χ2v) is 4.75. The number of benzene rings is 1. The fraction of sp³-hybridized carbons (Fsp3) is 0.429. The Hall–Kier alpha value is -2.04. The highest BCUT2D eigenvalue weighted by Crippen LogP contribution is 2.24. The fourth-order valence-electron chi connectivity index (χ4n) is 2.12. The molecule has 5 nitrogen and oxygen atoms in total. The second kappa shape index (κ2) is 5.30. The standard InChI is InChI=1S/C14H18N2O3/c1-10(2)15-9-8-13(17)16(14(15)18)11-4-6-12(19-3)7-5-11/h4-7,10H,8-9H2,1-3H3. The summed E-state index contributed by atoms with van der Waals surface area (Å²) in [5.41, 5.74) is 0.584. The number of hydrogen-bond donors (Lipinski definition) is 0. The second-order valence-electron chi connectivity index (χ2n) is 4.75. The molecule has 0 aromatic heterocycles. The van der Waals surface area contributed by atoms with Gasteiger partial charge in [0.15, 0.2) is 0 Å². The van der Waals surface area contributed by atoms with Crippen molar-refractivity contribution < 1.29 is 14.3 Å². The predicted molar refractivity (Wildman–Crippen MR) is 72.3 cm³/mol. The topological polar surface area (TPSA) is 49.9 Å². The quantitative estimate of drug-likeness (QED) is 0.839. The van der Waals surface area contributed by atoms with Gasteiger partial charge in [-0.25, -0.2) is 9.69 Å². The van der Waals surface area contributed by atoms with Gasteiger partial charge in [0.1, 0.15) is 5.75 Å². The minimum Gasteiger partial charge on any atom is -0.497 e. The lowest BCUT2D eigenvalue weighted by Crippen LogP contribution is -2.54. The van der Waals surface area contributed by atoms with Crippen molar-refractivity contribution >= 4 is 17.6 Å². The van der Waals surface area contributed by atoms with E-state index in [1.165, 1.54) is 4.90 Å². The van der Waals surface area contributed by atoms with E-state index >= 15 is 0 Å². The fourth-order valence-corrected chi connectivity index (χ4v) is 2.12. The molecule has 0 atom stereocenters. The van der Waals surface area contributed by atoms with Crippen molar-refractivity contribution in [3.8, 4) is 5.75 Å². The van der Waals surface area contributed by atoms with Gasteiger partial charge in [0.25, 0.3) is 0 Å². The van der Waals surface area contributed by atoms with E-state index in [-0.39, 0.29) is 18.0 Å². The summed E-state index contributed by atoms with van der Waals surface area (Å²) in [6.45, 7) is 4.38. The van der Waals surface area contributed by atoms with Crippen LogP contribution in [0.15, 0.2) is 24.3 Å². The molecule has 1 fully saturated rings. The number of hydrogen-bond acceptors (Lipinski definition) is 3. The molecule has 1 aliphatic heterocycles. The molecule has 0 spiro atoms. The molecular formula is C14H18N2O3. The molecule has 0 bridgehead atoms. The molecule has 19 heavy (non-hydrogen) atoms. The molecule has 0 unspecified atom stereocenters. The average Bonchev–Trinajstić information content (AvgIpc) is 2.39. The number of ether oxygens (including phenoxy) is 1. The Morgan fingerprint density at radius 3 is 2.32 bits per heavy atom. The lowest BCUT2D eigenvalue weighted by atomic mass is 10.2. The number of methoxy groups -OCH3 is 1. The van der Waals surface area contributed by atoms with Crippen LogP contribution in [0.5, 0.6) is 5.75 Å². The van der Waals surface area contributed by atoms with Crippen LogP contribution in [-0.2, 0) is 4.79 Å². The summed E-state index contributed by atoms with van der Waals surface area (Å²) < 4.78 is 5.07. The summed E-state index contributed by atoms with van der Waals surface area (Å²) in [6, 6.07) is 6.75. The van der Waals surface area contributed by atoms with Crippen molar-refractivity contribution in [3.63, 3.8) is 0 Å². The third-order valence-corrected chi connectivity index (χ3v) is 3.21. The van der Waals surface area contributed by atoms with E-state index in [1.54, 1.807) is 36.3 Å². The van der Waals surface area contributed by atoms with Crippen LogP contribution in [0.4, 0.5) is 10.5 Å². The van der Waals surface area contributed by atoms with Crippen LogP contribution in [0, 0.1) is 0 Å². The summed E-state index contributed by atoms with van der Waals surface area (Å²) in [6.07, 6.45) is 0.357. The SMILES string of the molecule is COc1ccc(N2C(=O)CCN(C(C)C)C2=O)cc1. The number of anilines is 1. The number of nitrogens with zero attached hydrogens (tertiary/aromatic N) is 2. The maximum Gasteiger partial charge on any atom is 0.331 e. The largest absolute Gasteiger partial charge is 0.497 e. The summed E-state index contributed by atoms with van der Waals surface area (Å²) in [4.78, 5) is 27.2. The molecule has 1 aromatic carbocycles. The number of rotatable bonds is 3. The normalized spacial score (nSPS) is 16.2. The molecule has 2 rings (SSSR count). The zero-order chi connectivity index (χ0) is 14.0. The highest BCUT2D eigenvalue weighted by molar-refractivity contribution is 6.15. The molecule has 0 radical (unpaired) electrons. The number of urea groups is 1. The molecule has 1 aromatic rings. The Bertz CT molecular complexity index is 482. The minimum atomic E-state index is -0.253. The molecular weight excluding hydrogens is 244 g/mol. The Kier molecular flexibility index (Phi) is 3.74. The molecule has 0 aliphatic carbocycles. The van der Waals surface area contributed by atoms with Crippen molar-refractivity contribution in [2.75, 3.05) is 18.6 Å². The van der Waals surface area contributed by atoms with Crippen LogP contribution >= 0.6 is 0 Å².